The molecular weight excluding hydrogens is 346 g/mol. The van der Waals surface area contributed by atoms with Crippen LogP contribution in [0.5, 0.6) is 0 Å². The summed E-state index contributed by atoms with van der Waals surface area (Å²) in [5.74, 6) is -0.562. The van der Waals surface area contributed by atoms with Crippen LogP contribution in [0.15, 0.2) is 42.7 Å². The Morgan fingerprint density at radius 3 is 2.67 bits per heavy atom. The Labute approximate surface area is 158 Å². The van der Waals surface area contributed by atoms with Crippen LogP contribution < -0.4 is 10.6 Å². The van der Waals surface area contributed by atoms with Crippen molar-refractivity contribution in [2.75, 3.05) is 39.4 Å². The average Bonchev–Trinajstić information content (AvgIpc) is 2.73. The third-order valence-electron chi connectivity index (χ3n) is 4.23. The Hall–Kier alpha value is -2.84. The predicted octanol–water partition coefficient (Wildman–Crippen LogP) is 0.469. The van der Waals surface area contributed by atoms with Gasteiger partial charge >= 0.3 is 0 Å². The van der Waals surface area contributed by atoms with Crippen LogP contribution in [0.3, 0.4) is 0 Å². The van der Waals surface area contributed by atoms with E-state index in [1.807, 2.05) is 18.2 Å². The molecule has 0 aliphatic carbocycles. The van der Waals surface area contributed by atoms with Gasteiger partial charge in [0.05, 0.1) is 25.5 Å². The first kappa shape index (κ1) is 18.9. The highest BCUT2D eigenvalue weighted by Crippen LogP contribution is 2.03. The highest BCUT2D eigenvalue weighted by molar-refractivity contribution is 5.98. The smallest absolute Gasteiger partial charge is 0.270 e. The number of nitrogens with one attached hydrogen (secondary N) is 2. The van der Waals surface area contributed by atoms with Crippen molar-refractivity contribution in [3.63, 3.8) is 0 Å². The maximum Gasteiger partial charge on any atom is 0.270 e. The summed E-state index contributed by atoms with van der Waals surface area (Å²) in [7, 11) is 0. The Morgan fingerprint density at radius 2 is 1.89 bits per heavy atom. The molecule has 2 N–H and O–H groups in total. The normalized spacial score (nSPS) is 14.5. The summed E-state index contributed by atoms with van der Waals surface area (Å²) < 4.78 is 5.30. The molecule has 0 bridgehead atoms. The first-order valence-electron chi connectivity index (χ1n) is 8.95. The van der Waals surface area contributed by atoms with Crippen molar-refractivity contribution in [2.45, 2.75) is 6.54 Å². The van der Waals surface area contributed by atoms with E-state index in [2.05, 4.69) is 25.5 Å². The van der Waals surface area contributed by atoms with Gasteiger partial charge in [-0.2, -0.15) is 0 Å². The Morgan fingerprint density at radius 1 is 1.04 bits per heavy atom. The number of carbonyl (C=O) groups is 2. The Balaban J connectivity index is 1.49. The molecule has 3 rings (SSSR count). The van der Waals surface area contributed by atoms with E-state index in [-0.39, 0.29) is 17.5 Å². The number of amides is 2. The molecule has 1 fully saturated rings. The molecule has 2 amide bonds. The molecule has 1 aliphatic rings. The summed E-state index contributed by atoms with van der Waals surface area (Å²) in [5.41, 5.74) is 1.37. The van der Waals surface area contributed by atoms with E-state index in [4.69, 9.17) is 4.74 Å². The molecule has 2 aromatic heterocycles. The van der Waals surface area contributed by atoms with Crippen LogP contribution in [0.25, 0.3) is 0 Å². The molecule has 0 aromatic carbocycles. The van der Waals surface area contributed by atoms with Crippen LogP contribution in [-0.2, 0) is 11.3 Å². The molecule has 8 nitrogen and oxygen atoms in total. The van der Waals surface area contributed by atoms with E-state index in [1.54, 1.807) is 12.3 Å². The molecule has 8 heteroatoms. The topological polar surface area (TPSA) is 96.5 Å². The maximum atomic E-state index is 12.3. The van der Waals surface area contributed by atoms with Crippen LogP contribution in [0, 0.1) is 0 Å². The lowest BCUT2D eigenvalue weighted by Crippen LogP contribution is -2.41. The van der Waals surface area contributed by atoms with E-state index in [0.717, 1.165) is 38.5 Å². The fourth-order valence-corrected chi connectivity index (χ4v) is 2.71. The van der Waals surface area contributed by atoms with Gasteiger partial charge < -0.3 is 15.4 Å². The summed E-state index contributed by atoms with van der Waals surface area (Å²) in [4.78, 5) is 35.0. The second-order valence-electron chi connectivity index (χ2n) is 6.14. The predicted molar refractivity (Wildman–Crippen MR) is 99.2 cm³/mol. The zero-order valence-electron chi connectivity index (χ0n) is 15.1. The van der Waals surface area contributed by atoms with E-state index < -0.39 is 0 Å². The van der Waals surface area contributed by atoms with Gasteiger partial charge in [-0.15, -0.1) is 0 Å². The van der Waals surface area contributed by atoms with E-state index >= 15 is 0 Å². The largest absolute Gasteiger partial charge is 0.379 e. The molecule has 1 saturated heterocycles. The third-order valence-corrected chi connectivity index (χ3v) is 4.23. The van der Waals surface area contributed by atoms with Crippen molar-refractivity contribution >= 4 is 11.8 Å². The highest BCUT2D eigenvalue weighted by Gasteiger charge is 2.13. The third kappa shape index (κ3) is 5.83. The maximum absolute atomic E-state index is 12.3. The zero-order chi connectivity index (χ0) is 18.9. The van der Waals surface area contributed by atoms with Gasteiger partial charge in [-0.25, -0.2) is 0 Å². The van der Waals surface area contributed by atoms with Crippen molar-refractivity contribution < 1.29 is 14.3 Å². The van der Waals surface area contributed by atoms with Crippen LogP contribution in [0.1, 0.15) is 26.5 Å². The summed E-state index contributed by atoms with van der Waals surface area (Å²) in [5, 5.41) is 5.63. The molecule has 0 saturated carbocycles. The fourth-order valence-electron chi connectivity index (χ4n) is 2.71. The monoisotopic (exact) mass is 369 g/mol. The van der Waals surface area contributed by atoms with Crippen LogP contribution in [-0.4, -0.2) is 66.1 Å². The number of nitrogens with zero attached hydrogens (tertiary/aromatic N) is 3. The second kappa shape index (κ2) is 9.75. The average molecular weight is 369 g/mol. The SMILES string of the molecule is O=C(NCCN1CCOCC1)c1ccnc(C(=O)NCc2ccccn2)c1. The lowest BCUT2D eigenvalue weighted by atomic mass is 10.2. The molecule has 2 aromatic rings. The number of carbonyl (C=O) groups excluding carboxylic acids is 2. The summed E-state index contributed by atoms with van der Waals surface area (Å²) in [6.07, 6.45) is 3.13. The van der Waals surface area contributed by atoms with Crippen LogP contribution in [0.4, 0.5) is 0 Å². The first-order valence-corrected chi connectivity index (χ1v) is 8.95. The molecule has 3 heterocycles. The standard InChI is InChI=1S/C19H23N5O3/c25-18(22-7-8-24-9-11-27-12-10-24)15-4-6-21-17(13-15)19(26)23-14-16-3-1-2-5-20-16/h1-6,13H,7-12,14H2,(H,22,25)(H,23,26). The lowest BCUT2D eigenvalue weighted by Gasteiger charge is -2.26. The summed E-state index contributed by atoms with van der Waals surface area (Å²) in [6.45, 7) is 4.85. The summed E-state index contributed by atoms with van der Waals surface area (Å²) in [6, 6.07) is 8.59. The van der Waals surface area contributed by atoms with Gasteiger partial charge in [0, 0.05) is 44.1 Å². The number of pyridine rings is 2. The van der Waals surface area contributed by atoms with Gasteiger partial charge in [0.25, 0.3) is 11.8 Å². The van der Waals surface area contributed by atoms with Crippen molar-refractivity contribution in [1.29, 1.82) is 0 Å². The van der Waals surface area contributed by atoms with E-state index in [0.29, 0.717) is 18.7 Å². The minimum absolute atomic E-state index is 0.201. The second-order valence-corrected chi connectivity index (χ2v) is 6.14. The molecule has 142 valence electrons. The van der Waals surface area contributed by atoms with Crippen LogP contribution >= 0.6 is 0 Å². The molecule has 27 heavy (non-hydrogen) atoms. The fraction of sp³-hybridized carbons (Fsp3) is 0.368. The Bertz CT molecular complexity index is 763. The minimum Gasteiger partial charge on any atom is -0.379 e. The number of hydrogen-bond acceptors (Lipinski definition) is 6. The highest BCUT2D eigenvalue weighted by atomic mass is 16.5. The first-order chi connectivity index (χ1) is 13.2. The van der Waals surface area contributed by atoms with Gasteiger partial charge in [0.2, 0.25) is 0 Å². The number of morpholine rings is 1. The van der Waals surface area contributed by atoms with Gasteiger partial charge in [0.1, 0.15) is 5.69 Å². The van der Waals surface area contributed by atoms with Crippen molar-refractivity contribution in [3.8, 4) is 0 Å². The van der Waals surface area contributed by atoms with E-state index in [1.165, 1.54) is 12.3 Å². The van der Waals surface area contributed by atoms with E-state index in [9.17, 15) is 9.59 Å². The molecule has 0 spiro atoms. The molecule has 0 radical (unpaired) electrons. The van der Waals surface area contributed by atoms with Crippen LogP contribution in [0.2, 0.25) is 0 Å². The number of rotatable bonds is 7. The lowest BCUT2D eigenvalue weighted by molar-refractivity contribution is 0.0383. The van der Waals surface area contributed by atoms with Gasteiger partial charge in [-0.1, -0.05) is 6.07 Å². The van der Waals surface area contributed by atoms with Gasteiger partial charge in [-0.05, 0) is 24.3 Å². The minimum atomic E-state index is -0.344. The molecule has 0 unspecified atom stereocenters. The van der Waals surface area contributed by atoms with Gasteiger partial charge in [0.15, 0.2) is 0 Å². The van der Waals surface area contributed by atoms with Crippen molar-refractivity contribution in [2.24, 2.45) is 0 Å². The Kier molecular flexibility index (Phi) is 6.84. The van der Waals surface area contributed by atoms with Crippen molar-refractivity contribution in [1.82, 2.24) is 25.5 Å². The molecule has 0 atom stereocenters. The number of hydrogen-bond donors (Lipinski definition) is 2. The number of ether oxygens (including phenoxy) is 1. The quantitative estimate of drug-likeness (QED) is 0.736. The molecular formula is C19H23N5O3. The zero-order valence-corrected chi connectivity index (χ0v) is 15.1. The summed E-state index contributed by atoms with van der Waals surface area (Å²) >= 11 is 0. The number of aromatic nitrogens is 2. The van der Waals surface area contributed by atoms with Gasteiger partial charge in [-0.3, -0.25) is 24.5 Å². The molecule has 1 aliphatic heterocycles. The van der Waals surface area contributed by atoms with Crippen molar-refractivity contribution in [3.05, 3.63) is 59.7 Å².